The van der Waals surface area contributed by atoms with Gasteiger partial charge in [0.15, 0.2) is 17.3 Å². The molecule has 8 heteroatoms. The number of fused-ring (bicyclic) bond motifs is 1. The van der Waals surface area contributed by atoms with Gasteiger partial charge in [0.25, 0.3) is 0 Å². The van der Waals surface area contributed by atoms with Gasteiger partial charge in [0.2, 0.25) is 0 Å². The molecule has 1 fully saturated rings. The molecule has 1 saturated heterocycles. The van der Waals surface area contributed by atoms with E-state index in [0.29, 0.717) is 49.0 Å². The molecule has 0 bridgehead atoms. The summed E-state index contributed by atoms with van der Waals surface area (Å²) in [6.45, 7) is 3.79. The Morgan fingerprint density at radius 2 is 1.96 bits per heavy atom. The van der Waals surface area contributed by atoms with Crippen LogP contribution in [0.4, 0.5) is 10.2 Å². The summed E-state index contributed by atoms with van der Waals surface area (Å²) < 4.78 is 26.7. The fourth-order valence-corrected chi connectivity index (χ4v) is 2.81. The maximum absolute atomic E-state index is 14.0. The van der Waals surface area contributed by atoms with Crippen LogP contribution in [0.3, 0.4) is 0 Å². The second kappa shape index (κ2) is 6.38. The summed E-state index contributed by atoms with van der Waals surface area (Å²) in [6, 6.07) is 10.0. The number of halogens is 1. The predicted octanol–water partition coefficient (Wildman–Crippen LogP) is 2.50. The van der Waals surface area contributed by atoms with Crippen LogP contribution in [0.1, 0.15) is 13.3 Å². The van der Waals surface area contributed by atoms with Crippen LogP contribution < -0.4 is 5.32 Å². The number of hydrogen-bond donors (Lipinski definition) is 1. The Bertz CT molecular complexity index is 892. The fourth-order valence-electron chi connectivity index (χ4n) is 2.81. The monoisotopic (exact) mass is 343 g/mol. The highest BCUT2D eigenvalue weighted by atomic mass is 19.1. The molecule has 25 heavy (non-hydrogen) atoms. The molecule has 1 aliphatic rings. The molecule has 2 aromatic heterocycles. The van der Waals surface area contributed by atoms with Crippen molar-refractivity contribution >= 4 is 11.5 Å². The Morgan fingerprint density at radius 3 is 2.76 bits per heavy atom. The number of rotatable bonds is 5. The Balaban J connectivity index is 1.55. The smallest absolute Gasteiger partial charge is 0.188 e. The van der Waals surface area contributed by atoms with E-state index in [9.17, 15) is 4.39 Å². The zero-order valence-electron chi connectivity index (χ0n) is 13.8. The first kappa shape index (κ1) is 15.9. The van der Waals surface area contributed by atoms with Gasteiger partial charge in [0, 0.05) is 13.0 Å². The summed E-state index contributed by atoms with van der Waals surface area (Å²) in [5, 5.41) is 15.8. The molecule has 0 radical (unpaired) electrons. The quantitative estimate of drug-likeness (QED) is 0.767. The molecule has 0 atom stereocenters. The molecule has 3 aromatic rings. The number of nitrogens with zero attached hydrogens (tertiary/aromatic N) is 4. The zero-order valence-corrected chi connectivity index (χ0v) is 13.8. The molecular formula is C17H18FN5O2. The summed E-state index contributed by atoms with van der Waals surface area (Å²) in [6.07, 6.45) is 0.690. The van der Waals surface area contributed by atoms with E-state index in [1.807, 2.05) is 13.0 Å². The number of anilines is 1. The second-order valence-corrected chi connectivity index (χ2v) is 6.00. The largest absolute Gasteiger partial charge is 0.368 e. The minimum atomic E-state index is -0.550. The van der Waals surface area contributed by atoms with Crippen molar-refractivity contribution in [2.24, 2.45) is 0 Å². The van der Waals surface area contributed by atoms with Gasteiger partial charge in [-0.25, -0.2) is 4.39 Å². The van der Waals surface area contributed by atoms with Crippen molar-refractivity contribution < 1.29 is 13.9 Å². The van der Waals surface area contributed by atoms with Crippen molar-refractivity contribution in [2.75, 3.05) is 25.1 Å². The molecule has 4 rings (SSSR count). The summed E-state index contributed by atoms with van der Waals surface area (Å²) in [4.78, 5) is 0. The molecule has 0 aliphatic carbocycles. The van der Waals surface area contributed by atoms with Gasteiger partial charge in [0.05, 0.1) is 18.8 Å². The average Bonchev–Trinajstić information content (AvgIpc) is 3.22. The van der Waals surface area contributed by atoms with Crippen molar-refractivity contribution in [3.05, 3.63) is 42.2 Å². The first-order chi connectivity index (χ1) is 12.1. The predicted molar refractivity (Wildman–Crippen MR) is 89.6 cm³/mol. The summed E-state index contributed by atoms with van der Waals surface area (Å²) in [5.74, 6) is 0.101. The topological polar surface area (TPSA) is 73.6 Å². The molecule has 1 aliphatic heterocycles. The van der Waals surface area contributed by atoms with Gasteiger partial charge in [-0.1, -0.05) is 12.1 Å². The standard InChI is InChI=1S/C17H18FN5O2/c1-17(24-10-11-25-17)8-9-19-14-6-7-15-20-21-16(23(15)22-14)12-4-2-3-5-13(12)18/h2-7H,8-11H2,1H3,(H,19,22). The molecule has 0 spiro atoms. The number of hydrogen-bond acceptors (Lipinski definition) is 6. The van der Waals surface area contributed by atoms with E-state index in [-0.39, 0.29) is 5.82 Å². The van der Waals surface area contributed by atoms with Crippen molar-refractivity contribution in [3.8, 4) is 11.4 Å². The molecule has 0 unspecified atom stereocenters. The highest BCUT2D eigenvalue weighted by molar-refractivity contribution is 5.60. The fraction of sp³-hybridized carbons (Fsp3) is 0.353. The van der Waals surface area contributed by atoms with Crippen LogP contribution in [-0.4, -0.2) is 45.4 Å². The summed E-state index contributed by atoms with van der Waals surface area (Å²) >= 11 is 0. The van der Waals surface area contributed by atoms with Crippen LogP contribution in [0.25, 0.3) is 17.0 Å². The van der Waals surface area contributed by atoms with Gasteiger partial charge in [0.1, 0.15) is 11.6 Å². The van der Waals surface area contributed by atoms with Gasteiger partial charge in [-0.2, -0.15) is 4.52 Å². The average molecular weight is 343 g/mol. The molecule has 130 valence electrons. The van der Waals surface area contributed by atoms with Crippen LogP contribution in [0, 0.1) is 5.82 Å². The Morgan fingerprint density at radius 1 is 1.16 bits per heavy atom. The van der Waals surface area contributed by atoms with Crippen molar-refractivity contribution in [3.63, 3.8) is 0 Å². The number of benzene rings is 1. The van der Waals surface area contributed by atoms with Crippen molar-refractivity contribution in [2.45, 2.75) is 19.1 Å². The maximum atomic E-state index is 14.0. The molecule has 1 aromatic carbocycles. The van der Waals surface area contributed by atoms with E-state index < -0.39 is 5.79 Å². The number of aromatic nitrogens is 4. The molecule has 0 amide bonds. The van der Waals surface area contributed by atoms with E-state index in [2.05, 4.69) is 20.6 Å². The third-order valence-electron chi connectivity index (χ3n) is 4.16. The van der Waals surface area contributed by atoms with E-state index in [1.165, 1.54) is 10.6 Å². The minimum Gasteiger partial charge on any atom is -0.368 e. The number of ether oxygens (including phenoxy) is 2. The number of nitrogens with one attached hydrogen (secondary N) is 1. The Hall–Kier alpha value is -2.58. The SMILES string of the molecule is CC1(CCNc2ccc3nnc(-c4ccccc4F)n3n2)OCCO1. The van der Waals surface area contributed by atoms with Gasteiger partial charge in [-0.3, -0.25) is 0 Å². The molecule has 3 heterocycles. The van der Waals surface area contributed by atoms with Crippen LogP contribution in [0.15, 0.2) is 36.4 Å². The minimum absolute atomic E-state index is 0.361. The zero-order chi connectivity index (χ0) is 17.3. The van der Waals surface area contributed by atoms with Crippen molar-refractivity contribution in [1.82, 2.24) is 19.8 Å². The third-order valence-corrected chi connectivity index (χ3v) is 4.16. The van der Waals surface area contributed by atoms with Gasteiger partial charge < -0.3 is 14.8 Å². The lowest BCUT2D eigenvalue weighted by Gasteiger charge is -2.22. The highest BCUT2D eigenvalue weighted by Crippen LogP contribution is 2.23. The van der Waals surface area contributed by atoms with E-state index in [1.54, 1.807) is 24.3 Å². The lowest BCUT2D eigenvalue weighted by molar-refractivity contribution is -0.144. The Labute approximate surface area is 143 Å². The van der Waals surface area contributed by atoms with E-state index >= 15 is 0 Å². The van der Waals surface area contributed by atoms with E-state index in [4.69, 9.17) is 9.47 Å². The normalized spacial score (nSPS) is 16.4. The highest BCUT2D eigenvalue weighted by Gasteiger charge is 2.30. The third kappa shape index (κ3) is 3.18. The van der Waals surface area contributed by atoms with Crippen LogP contribution in [0.2, 0.25) is 0 Å². The van der Waals surface area contributed by atoms with E-state index in [0.717, 1.165) is 0 Å². The first-order valence-electron chi connectivity index (χ1n) is 8.14. The molecule has 1 N–H and O–H groups in total. The maximum Gasteiger partial charge on any atom is 0.188 e. The lowest BCUT2D eigenvalue weighted by Crippen LogP contribution is -2.28. The first-order valence-corrected chi connectivity index (χ1v) is 8.14. The molecular weight excluding hydrogens is 325 g/mol. The molecule has 7 nitrogen and oxygen atoms in total. The Kier molecular flexibility index (Phi) is 4.06. The van der Waals surface area contributed by atoms with Crippen LogP contribution in [-0.2, 0) is 9.47 Å². The summed E-state index contributed by atoms with van der Waals surface area (Å²) in [7, 11) is 0. The van der Waals surface area contributed by atoms with Gasteiger partial charge in [-0.05, 0) is 31.2 Å². The summed E-state index contributed by atoms with van der Waals surface area (Å²) in [5.41, 5.74) is 0.915. The van der Waals surface area contributed by atoms with Crippen molar-refractivity contribution in [1.29, 1.82) is 0 Å². The van der Waals surface area contributed by atoms with Crippen LogP contribution >= 0.6 is 0 Å². The van der Waals surface area contributed by atoms with Gasteiger partial charge in [-0.15, -0.1) is 15.3 Å². The lowest BCUT2D eigenvalue weighted by atomic mass is 10.2. The second-order valence-electron chi connectivity index (χ2n) is 6.00. The van der Waals surface area contributed by atoms with Crippen LogP contribution in [0.5, 0.6) is 0 Å². The van der Waals surface area contributed by atoms with Gasteiger partial charge >= 0.3 is 0 Å². The molecule has 0 saturated carbocycles.